The van der Waals surface area contributed by atoms with Crippen molar-refractivity contribution in [2.24, 2.45) is 0 Å². The molecule has 0 saturated carbocycles. The summed E-state index contributed by atoms with van der Waals surface area (Å²) in [6, 6.07) is 24.0. The minimum Gasteiger partial charge on any atom is -0.508 e. The van der Waals surface area contributed by atoms with Crippen molar-refractivity contribution in [1.29, 1.82) is 0 Å². The lowest BCUT2D eigenvalue weighted by Crippen LogP contribution is -2.48. The fourth-order valence-corrected chi connectivity index (χ4v) is 5.64. The molecule has 0 radical (unpaired) electrons. The zero-order chi connectivity index (χ0) is 26.0. The van der Waals surface area contributed by atoms with Gasteiger partial charge in [-0.1, -0.05) is 18.2 Å². The highest BCUT2D eigenvalue weighted by Gasteiger charge is 2.20. The molecule has 0 aromatic heterocycles. The smallest absolute Gasteiger partial charge is 0.175 e. The van der Waals surface area contributed by atoms with Crippen molar-refractivity contribution in [3.63, 3.8) is 0 Å². The number of nitrogens with one attached hydrogen (secondary N) is 1. The van der Waals surface area contributed by atoms with Crippen LogP contribution in [0.4, 0.5) is 5.69 Å². The number of hydrogen-bond donors (Lipinski definition) is 2. The van der Waals surface area contributed by atoms with E-state index in [4.69, 9.17) is 4.74 Å². The van der Waals surface area contributed by atoms with Crippen molar-refractivity contribution < 1.29 is 18.3 Å². The summed E-state index contributed by atoms with van der Waals surface area (Å²) in [4.78, 5) is 2.66. The lowest BCUT2D eigenvalue weighted by atomic mass is 9.99. The predicted molar refractivity (Wildman–Crippen MR) is 149 cm³/mol. The van der Waals surface area contributed by atoms with E-state index >= 15 is 0 Å². The van der Waals surface area contributed by atoms with Gasteiger partial charge in [0.25, 0.3) is 0 Å². The largest absolute Gasteiger partial charge is 0.508 e. The van der Waals surface area contributed by atoms with Gasteiger partial charge in [0.1, 0.15) is 17.2 Å². The molecule has 0 bridgehead atoms. The fourth-order valence-electron chi connectivity index (χ4n) is 5.01. The van der Waals surface area contributed by atoms with Crippen LogP contribution in [0.25, 0.3) is 21.9 Å². The van der Waals surface area contributed by atoms with E-state index in [1.54, 1.807) is 36.4 Å². The number of phenolic OH excluding ortho intramolecular Hbond substituents is 1. The molecule has 1 unspecified atom stereocenters. The standard InChI is InChI=1S/C30H32N2O4S/c1-3-32(29-6-4-5-19-31-29)23-10-13-25(14-11-23)36-30-27(17-9-22-20-24(33)12-18-28(22)30)21-7-15-26(16-8-21)37(2,34)35/h7-18,20,29,31,33H,3-6,19H2,1-2H3. The van der Waals surface area contributed by atoms with E-state index in [0.717, 1.165) is 47.1 Å². The maximum absolute atomic E-state index is 11.9. The minimum atomic E-state index is -3.29. The van der Waals surface area contributed by atoms with Crippen LogP contribution in [0.1, 0.15) is 26.2 Å². The number of benzene rings is 4. The molecule has 1 aliphatic heterocycles. The van der Waals surface area contributed by atoms with Crippen LogP contribution in [0.15, 0.2) is 83.8 Å². The Morgan fingerprint density at radius 1 is 0.973 bits per heavy atom. The van der Waals surface area contributed by atoms with Gasteiger partial charge in [-0.15, -0.1) is 0 Å². The van der Waals surface area contributed by atoms with Crippen molar-refractivity contribution in [2.75, 3.05) is 24.2 Å². The highest BCUT2D eigenvalue weighted by Crippen LogP contribution is 2.41. The Morgan fingerprint density at radius 3 is 2.38 bits per heavy atom. The SMILES string of the molecule is CCN(c1ccc(Oc2c(-c3ccc(S(C)(=O)=O)cc3)ccc3cc(O)ccc23)cc1)C1CCCCN1. The molecule has 1 fully saturated rings. The lowest BCUT2D eigenvalue weighted by Gasteiger charge is -2.36. The lowest BCUT2D eigenvalue weighted by molar-refractivity contribution is 0.388. The summed E-state index contributed by atoms with van der Waals surface area (Å²) in [6.07, 6.45) is 5.14. The third kappa shape index (κ3) is 5.43. The van der Waals surface area contributed by atoms with E-state index in [0.29, 0.717) is 17.7 Å². The second kappa shape index (κ2) is 10.4. The summed E-state index contributed by atoms with van der Waals surface area (Å²) in [6.45, 7) is 4.14. The van der Waals surface area contributed by atoms with Crippen LogP contribution < -0.4 is 15.0 Å². The van der Waals surface area contributed by atoms with Crippen molar-refractivity contribution in [2.45, 2.75) is 37.2 Å². The van der Waals surface area contributed by atoms with Crippen molar-refractivity contribution in [3.05, 3.63) is 78.9 Å². The highest BCUT2D eigenvalue weighted by molar-refractivity contribution is 7.90. The van der Waals surface area contributed by atoms with Gasteiger partial charge in [-0.05, 0) is 104 Å². The Morgan fingerprint density at radius 2 is 1.73 bits per heavy atom. The fraction of sp³-hybridized carbons (Fsp3) is 0.267. The van der Waals surface area contributed by atoms with E-state index in [2.05, 4.69) is 29.3 Å². The Bertz CT molecular complexity index is 1490. The first kappa shape index (κ1) is 25.1. The number of nitrogens with zero attached hydrogens (tertiary/aromatic N) is 1. The molecule has 6 nitrogen and oxygen atoms in total. The van der Waals surface area contributed by atoms with Crippen molar-refractivity contribution in [3.8, 4) is 28.4 Å². The van der Waals surface area contributed by atoms with Crippen molar-refractivity contribution in [1.82, 2.24) is 5.32 Å². The maximum atomic E-state index is 11.9. The normalized spacial score (nSPS) is 16.0. The molecule has 1 aliphatic rings. The number of anilines is 1. The van der Waals surface area contributed by atoms with Gasteiger partial charge in [0, 0.05) is 29.4 Å². The summed E-state index contributed by atoms with van der Waals surface area (Å²) in [7, 11) is -3.29. The van der Waals surface area contributed by atoms with E-state index in [9.17, 15) is 13.5 Å². The van der Waals surface area contributed by atoms with E-state index in [1.165, 1.54) is 19.1 Å². The summed E-state index contributed by atoms with van der Waals surface area (Å²) in [5.74, 6) is 1.54. The molecule has 0 amide bonds. The number of rotatable bonds is 7. The maximum Gasteiger partial charge on any atom is 0.175 e. The molecule has 2 N–H and O–H groups in total. The first-order valence-corrected chi connectivity index (χ1v) is 14.6. The first-order valence-electron chi connectivity index (χ1n) is 12.7. The zero-order valence-corrected chi connectivity index (χ0v) is 22.0. The van der Waals surface area contributed by atoms with Gasteiger partial charge >= 0.3 is 0 Å². The van der Waals surface area contributed by atoms with E-state index in [-0.39, 0.29) is 10.6 Å². The number of phenols is 1. The van der Waals surface area contributed by atoms with Gasteiger partial charge < -0.3 is 14.7 Å². The highest BCUT2D eigenvalue weighted by atomic mass is 32.2. The summed E-state index contributed by atoms with van der Waals surface area (Å²) >= 11 is 0. The quantitative estimate of drug-likeness (QED) is 0.299. The molecule has 192 valence electrons. The van der Waals surface area contributed by atoms with Gasteiger partial charge in [0.15, 0.2) is 9.84 Å². The van der Waals surface area contributed by atoms with Crippen LogP contribution in [0.5, 0.6) is 17.2 Å². The van der Waals surface area contributed by atoms with Crippen LogP contribution in [-0.2, 0) is 9.84 Å². The third-order valence-electron chi connectivity index (χ3n) is 6.94. The average molecular weight is 517 g/mol. The van der Waals surface area contributed by atoms with Gasteiger partial charge in [-0.2, -0.15) is 0 Å². The van der Waals surface area contributed by atoms with Crippen molar-refractivity contribution >= 4 is 26.3 Å². The molecule has 4 aromatic rings. The molecule has 7 heteroatoms. The average Bonchev–Trinajstić information content (AvgIpc) is 2.90. The predicted octanol–water partition coefficient (Wildman–Crippen LogP) is 6.33. The van der Waals surface area contributed by atoms with Gasteiger partial charge in [-0.25, -0.2) is 8.42 Å². The molecule has 0 aliphatic carbocycles. The molecule has 4 aromatic carbocycles. The summed E-state index contributed by atoms with van der Waals surface area (Å²) < 4.78 is 30.4. The molecule has 0 spiro atoms. The second-order valence-electron chi connectivity index (χ2n) is 9.49. The number of sulfone groups is 1. The van der Waals surface area contributed by atoms with Crippen LogP contribution in [0, 0.1) is 0 Å². The Hall–Kier alpha value is -3.55. The topological polar surface area (TPSA) is 78.9 Å². The van der Waals surface area contributed by atoms with Crippen LogP contribution in [-0.4, -0.2) is 39.0 Å². The molecule has 1 atom stereocenters. The van der Waals surface area contributed by atoms with Crippen LogP contribution >= 0.6 is 0 Å². The Balaban J connectivity index is 1.51. The monoisotopic (exact) mass is 516 g/mol. The number of aromatic hydroxyl groups is 1. The van der Waals surface area contributed by atoms with E-state index < -0.39 is 9.84 Å². The van der Waals surface area contributed by atoms with Gasteiger partial charge in [0.2, 0.25) is 0 Å². The van der Waals surface area contributed by atoms with Gasteiger partial charge in [-0.3, -0.25) is 5.32 Å². The number of piperidine rings is 1. The zero-order valence-electron chi connectivity index (χ0n) is 21.1. The molecule has 1 heterocycles. The van der Waals surface area contributed by atoms with Crippen LogP contribution in [0.3, 0.4) is 0 Å². The second-order valence-corrected chi connectivity index (χ2v) is 11.5. The van der Waals surface area contributed by atoms with E-state index in [1.807, 2.05) is 30.3 Å². The third-order valence-corrected chi connectivity index (χ3v) is 8.07. The molecule has 5 rings (SSSR count). The molecular formula is C30H32N2O4S. The molecular weight excluding hydrogens is 484 g/mol. The number of fused-ring (bicyclic) bond motifs is 1. The Kier molecular flexibility index (Phi) is 7.09. The number of ether oxygens (including phenoxy) is 1. The first-order chi connectivity index (χ1) is 17.8. The van der Waals surface area contributed by atoms with Gasteiger partial charge in [0.05, 0.1) is 11.1 Å². The molecule has 1 saturated heterocycles. The summed E-state index contributed by atoms with van der Waals surface area (Å²) in [5, 5.41) is 15.3. The van der Waals surface area contributed by atoms with Crippen LogP contribution in [0.2, 0.25) is 0 Å². The Labute approximate surface area is 218 Å². The molecule has 37 heavy (non-hydrogen) atoms. The summed E-state index contributed by atoms with van der Waals surface area (Å²) in [5.41, 5.74) is 2.83. The number of hydrogen-bond acceptors (Lipinski definition) is 6. The minimum absolute atomic E-state index is 0.184.